The van der Waals surface area contributed by atoms with E-state index in [-0.39, 0.29) is 12.2 Å². The standard InChI is InChI=1S/C21H21Cl2NO4/c1-12-6-21(26)28-20-5-13(2)19(8-17(12)20)27-11-16(25)10-24-9-14-3-4-15(22)7-18(14)23/h3-8,16,24-25H,9-11H2,1-2H3/t16-/m0/s1. The molecule has 0 bridgehead atoms. The SMILES string of the molecule is Cc1cc2oc(=O)cc(C)c2cc1OC[C@@H](O)CNCc1ccc(Cl)cc1Cl. The predicted octanol–water partition coefficient (Wildman–Crippen LogP) is 4.25. The lowest BCUT2D eigenvalue weighted by atomic mass is 10.1. The fraction of sp³-hybridized carbons (Fsp3) is 0.286. The maximum atomic E-state index is 11.5. The topological polar surface area (TPSA) is 71.7 Å². The minimum atomic E-state index is -0.698. The second-order valence-corrected chi connectivity index (χ2v) is 7.54. The average Bonchev–Trinajstić information content (AvgIpc) is 2.62. The molecule has 0 amide bonds. The zero-order valence-electron chi connectivity index (χ0n) is 15.6. The first-order valence-corrected chi connectivity index (χ1v) is 9.59. The molecule has 1 atom stereocenters. The Balaban J connectivity index is 1.57. The lowest BCUT2D eigenvalue weighted by Crippen LogP contribution is -2.31. The Morgan fingerprint density at radius 1 is 1.14 bits per heavy atom. The number of aliphatic hydroxyl groups excluding tert-OH is 1. The highest BCUT2D eigenvalue weighted by atomic mass is 35.5. The first-order chi connectivity index (χ1) is 13.3. The maximum Gasteiger partial charge on any atom is 0.336 e. The van der Waals surface area contributed by atoms with Gasteiger partial charge in [-0.3, -0.25) is 0 Å². The lowest BCUT2D eigenvalue weighted by molar-refractivity contribution is 0.106. The molecule has 0 aliphatic rings. The molecule has 0 aliphatic heterocycles. The summed E-state index contributed by atoms with van der Waals surface area (Å²) in [5.74, 6) is 0.643. The van der Waals surface area contributed by atoms with Crippen molar-refractivity contribution in [3.63, 3.8) is 0 Å². The molecule has 7 heteroatoms. The Morgan fingerprint density at radius 2 is 1.93 bits per heavy atom. The summed E-state index contributed by atoms with van der Waals surface area (Å²) in [5.41, 5.74) is 2.70. The van der Waals surface area contributed by atoms with Gasteiger partial charge in [-0.25, -0.2) is 4.79 Å². The summed E-state index contributed by atoms with van der Waals surface area (Å²) in [6.07, 6.45) is -0.698. The number of nitrogens with one attached hydrogen (secondary N) is 1. The number of hydrogen-bond donors (Lipinski definition) is 2. The highest BCUT2D eigenvalue weighted by Gasteiger charge is 2.11. The minimum absolute atomic E-state index is 0.128. The zero-order valence-corrected chi connectivity index (χ0v) is 17.1. The molecule has 1 aromatic heterocycles. The molecule has 0 spiro atoms. The quantitative estimate of drug-likeness (QED) is 0.558. The van der Waals surface area contributed by atoms with Crippen LogP contribution in [0.3, 0.4) is 0 Å². The van der Waals surface area contributed by atoms with Crippen molar-refractivity contribution in [2.24, 2.45) is 0 Å². The van der Waals surface area contributed by atoms with E-state index >= 15 is 0 Å². The van der Waals surface area contributed by atoms with Gasteiger partial charge in [0, 0.05) is 34.6 Å². The highest BCUT2D eigenvalue weighted by Crippen LogP contribution is 2.27. The molecule has 2 aromatic carbocycles. The van der Waals surface area contributed by atoms with Crippen molar-refractivity contribution in [3.05, 3.63) is 73.6 Å². The third kappa shape index (κ3) is 5.06. The normalized spacial score (nSPS) is 12.3. The van der Waals surface area contributed by atoms with Crippen molar-refractivity contribution in [3.8, 4) is 5.75 Å². The van der Waals surface area contributed by atoms with Gasteiger partial charge in [0.25, 0.3) is 0 Å². The van der Waals surface area contributed by atoms with Crippen LogP contribution in [0.5, 0.6) is 5.75 Å². The van der Waals surface area contributed by atoms with Gasteiger partial charge in [0.05, 0.1) is 0 Å². The third-order valence-electron chi connectivity index (χ3n) is 4.39. The van der Waals surface area contributed by atoms with Crippen LogP contribution >= 0.6 is 23.2 Å². The van der Waals surface area contributed by atoms with Crippen LogP contribution in [-0.4, -0.2) is 24.4 Å². The van der Waals surface area contributed by atoms with Crippen LogP contribution in [0.25, 0.3) is 11.0 Å². The summed E-state index contributed by atoms with van der Waals surface area (Å²) in [5, 5.41) is 15.3. The van der Waals surface area contributed by atoms with Crippen molar-refractivity contribution in [1.82, 2.24) is 5.32 Å². The summed E-state index contributed by atoms with van der Waals surface area (Å²) in [6, 6.07) is 10.4. The number of halogens is 2. The summed E-state index contributed by atoms with van der Waals surface area (Å²) in [4.78, 5) is 11.5. The fourth-order valence-electron chi connectivity index (χ4n) is 2.89. The largest absolute Gasteiger partial charge is 0.491 e. The van der Waals surface area contributed by atoms with Crippen LogP contribution in [0.15, 0.2) is 45.6 Å². The lowest BCUT2D eigenvalue weighted by Gasteiger charge is -2.15. The molecule has 0 aliphatic carbocycles. The van der Waals surface area contributed by atoms with Crippen LogP contribution in [0.2, 0.25) is 10.0 Å². The molecule has 3 aromatic rings. The van der Waals surface area contributed by atoms with Gasteiger partial charge in [-0.15, -0.1) is 0 Å². The number of benzene rings is 2. The number of aryl methyl sites for hydroxylation is 2. The van der Waals surface area contributed by atoms with Gasteiger partial charge >= 0.3 is 5.63 Å². The molecule has 148 valence electrons. The summed E-state index contributed by atoms with van der Waals surface area (Å²) in [7, 11) is 0. The Morgan fingerprint density at radius 3 is 2.68 bits per heavy atom. The molecule has 1 heterocycles. The van der Waals surface area contributed by atoms with Crippen LogP contribution in [-0.2, 0) is 6.54 Å². The van der Waals surface area contributed by atoms with Crippen molar-refractivity contribution in [1.29, 1.82) is 0 Å². The summed E-state index contributed by atoms with van der Waals surface area (Å²) >= 11 is 12.0. The number of hydrogen-bond acceptors (Lipinski definition) is 5. The van der Waals surface area contributed by atoms with E-state index in [1.807, 2.05) is 26.0 Å². The predicted molar refractivity (Wildman–Crippen MR) is 112 cm³/mol. The first kappa shape index (κ1) is 20.7. The number of fused-ring (bicyclic) bond motifs is 1. The van der Waals surface area contributed by atoms with Gasteiger partial charge in [0.2, 0.25) is 0 Å². The highest BCUT2D eigenvalue weighted by molar-refractivity contribution is 6.35. The Kier molecular flexibility index (Phi) is 6.62. The van der Waals surface area contributed by atoms with Crippen molar-refractivity contribution in [2.45, 2.75) is 26.5 Å². The third-order valence-corrected chi connectivity index (χ3v) is 4.98. The number of ether oxygens (including phenoxy) is 1. The molecule has 28 heavy (non-hydrogen) atoms. The molecular formula is C21H21Cl2NO4. The molecule has 3 rings (SSSR count). The van der Waals surface area contributed by atoms with Gasteiger partial charge in [-0.1, -0.05) is 29.3 Å². The molecule has 0 fully saturated rings. The second kappa shape index (κ2) is 8.97. The smallest absolute Gasteiger partial charge is 0.336 e. The number of rotatable bonds is 7. The maximum absolute atomic E-state index is 11.5. The van der Waals surface area contributed by atoms with Crippen molar-refractivity contribution in [2.75, 3.05) is 13.2 Å². The monoisotopic (exact) mass is 421 g/mol. The van der Waals surface area contributed by atoms with Gasteiger partial charge in [0.15, 0.2) is 0 Å². The van der Waals surface area contributed by atoms with Gasteiger partial charge in [-0.05, 0) is 54.8 Å². The second-order valence-electron chi connectivity index (χ2n) is 6.69. The van der Waals surface area contributed by atoms with Crippen LogP contribution in [0.4, 0.5) is 0 Å². The summed E-state index contributed by atoms with van der Waals surface area (Å²) < 4.78 is 11.0. The van der Waals surface area contributed by atoms with Crippen LogP contribution < -0.4 is 15.7 Å². The van der Waals surface area contributed by atoms with E-state index < -0.39 is 6.10 Å². The fourth-order valence-corrected chi connectivity index (χ4v) is 3.36. The van der Waals surface area contributed by atoms with E-state index in [1.165, 1.54) is 6.07 Å². The molecule has 0 radical (unpaired) electrons. The van der Waals surface area contributed by atoms with E-state index in [1.54, 1.807) is 18.2 Å². The Hall–Kier alpha value is -2.05. The molecule has 0 saturated carbocycles. The molecule has 2 N–H and O–H groups in total. The van der Waals surface area contributed by atoms with E-state index in [0.29, 0.717) is 34.5 Å². The van der Waals surface area contributed by atoms with Gasteiger partial charge in [-0.2, -0.15) is 0 Å². The zero-order chi connectivity index (χ0) is 20.3. The van der Waals surface area contributed by atoms with Crippen molar-refractivity contribution < 1.29 is 14.3 Å². The Bertz CT molecular complexity index is 1050. The molecule has 0 unspecified atom stereocenters. The molecule has 0 saturated heterocycles. The van der Waals surface area contributed by atoms with Crippen LogP contribution in [0, 0.1) is 13.8 Å². The first-order valence-electron chi connectivity index (χ1n) is 8.84. The van der Waals surface area contributed by atoms with E-state index in [0.717, 1.165) is 22.1 Å². The molecular weight excluding hydrogens is 401 g/mol. The molecule has 5 nitrogen and oxygen atoms in total. The van der Waals surface area contributed by atoms with E-state index in [2.05, 4.69) is 5.32 Å². The van der Waals surface area contributed by atoms with Gasteiger partial charge < -0.3 is 19.6 Å². The minimum Gasteiger partial charge on any atom is -0.491 e. The number of aliphatic hydroxyl groups is 1. The van der Waals surface area contributed by atoms with Crippen LogP contribution in [0.1, 0.15) is 16.7 Å². The van der Waals surface area contributed by atoms with Gasteiger partial charge in [0.1, 0.15) is 24.0 Å². The van der Waals surface area contributed by atoms with E-state index in [4.69, 9.17) is 32.4 Å². The summed E-state index contributed by atoms with van der Waals surface area (Å²) in [6.45, 7) is 4.70. The Labute approximate surface area is 172 Å². The van der Waals surface area contributed by atoms with Crippen molar-refractivity contribution >= 4 is 34.2 Å². The van der Waals surface area contributed by atoms with E-state index in [9.17, 15) is 9.90 Å². The average molecular weight is 422 g/mol.